The molecule has 2 saturated heterocycles. The van der Waals surface area contributed by atoms with E-state index in [-0.39, 0.29) is 28.9 Å². The molecule has 2 aliphatic rings. The Morgan fingerprint density at radius 3 is 2.09 bits per heavy atom. The number of carbonyl (C=O) groups excluding carboxylic acids is 2. The predicted molar refractivity (Wildman–Crippen MR) is 121 cm³/mol. The molecule has 0 aliphatic carbocycles. The standard InChI is InChI=1S/C23H34FN3O5S/c1-23(2,3)32-22(29)27-12-8-17(9-13-27)16-21(28)26-14-10-19(11-15-26)25-33(30,31)20-6-4-18(24)5-7-20/h4-7,17,19,25H,8-16H2,1-3H3. The minimum absolute atomic E-state index is 0.0279. The summed E-state index contributed by atoms with van der Waals surface area (Å²) in [5, 5.41) is 0. The number of nitrogens with zero attached hydrogens (tertiary/aromatic N) is 2. The Bertz CT molecular complexity index is 930. The Labute approximate surface area is 195 Å². The van der Waals surface area contributed by atoms with E-state index >= 15 is 0 Å². The van der Waals surface area contributed by atoms with E-state index < -0.39 is 21.4 Å². The molecule has 2 heterocycles. The summed E-state index contributed by atoms with van der Waals surface area (Å²) in [4.78, 5) is 28.5. The zero-order valence-electron chi connectivity index (χ0n) is 19.5. The van der Waals surface area contributed by atoms with Crippen molar-refractivity contribution in [3.05, 3.63) is 30.1 Å². The van der Waals surface area contributed by atoms with Gasteiger partial charge in [-0.25, -0.2) is 22.3 Å². The van der Waals surface area contributed by atoms with E-state index in [2.05, 4.69) is 4.72 Å². The van der Waals surface area contributed by atoms with E-state index in [9.17, 15) is 22.4 Å². The van der Waals surface area contributed by atoms with Gasteiger partial charge in [-0.3, -0.25) is 4.79 Å². The van der Waals surface area contributed by atoms with Crippen molar-refractivity contribution in [1.29, 1.82) is 0 Å². The number of sulfonamides is 1. The molecule has 33 heavy (non-hydrogen) atoms. The van der Waals surface area contributed by atoms with Gasteiger partial charge in [0.1, 0.15) is 11.4 Å². The van der Waals surface area contributed by atoms with E-state index in [1.54, 1.807) is 9.80 Å². The number of benzene rings is 1. The molecule has 0 radical (unpaired) electrons. The maximum absolute atomic E-state index is 13.1. The maximum Gasteiger partial charge on any atom is 0.410 e. The van der Waals surface area contributed by atoms with Crippen LogP contribution in [0.25, 0.3) is 0 Å². The monoisotopic (exact) mass is 483 g/mol. The fraction of sp³-hybridized carbons (Fsp3) is 0.652. The Kier molecular flexibility index (Phi) is 8.00. The number of hydrogen-bond donors (Lipinski definition) is 1. The van der Waals surface area contributed by atoms with Gasteiger partial charge in [0.05, 0.1) is 4.90 Å². The zero-order valence-corrected chi connectivity index (χ0v) is 20.4. The number of halogens is 1. The van der Waals surface area contributed by atoms with Gasteiger partial charge in [0.15, 0.2) is 0 Å². The average molecular weight is 484 g/mol. The smallest absolute Gasteiger partial charge is 0.410 e. The third kappa shape index (κ3) is 7.40. The Morgan fingerprint density at radius 2 is 1.55 bits per heavy atom. The zero-order chi connectivity index (χ0) is 24.2. The second-order valence-electron chi connectivity index (χ2n) is 9.85. The van der Waals surface area contributed by atoms with Crippen molar-refractivity contribution in [1.82, 2.24) is 14.5 Å². The highest BCUT2D eigenvalue weighted by Gasteiger charge is 2.31. The normalized spacial score (nSPS) is 18.9. The number of likely N-dealkylation sites (tertiary alicyclic amines) is 2. The summed E-state index contributed by atoms with van der Waals surface area (Å²) in [7, 11) is -3.72. The molecule has 1 N–H and O–H groups in total. The van der Waals surface area contributed by atoms with Crippen molar-refractivity contribution in [2.45, 2.75) is 69.4 Å². The number of nitrogens with one attached hydrogen (secondary N) is 1. The molecule has 0 bridgehead atoms. The van der Waals surface area contributed by atoms with Crippen molar-refractivity contribution >= 4 is 22.0 Å². The van der Waals surface area contributed by atoms with Crippen molar-refractivity contribution in [2.24, 2.45) is 5.92 Å². The third-order valence-corrected chi connectivity index (χ3v) is 7.56. The number of piperidine rings is 2. The van der Waals surface area contributed by atoms with Gasteiger partial charge in [0.2, 0.25) is 15.9 Å². The van der Waals surface area contributed by atoms with Gasteiger partial charge in [-0.05, 0) is 76.6 Å². The third-order valence-electron chi connectivity index (χ3n) is 6.02. The lowest BCUT2D eigenvalue weighted by atomic mass is 9.92. The minimum Gasteiger partial charge on any atom is -0.444 e. The molecule has 0 unspecified atom stereocenters. The van der Waals surface area contributed by atoms with Gasteiger partial charge in [-0.2, -0.15) is 0 Å². The number of amides is 2. The van der Waals surface area contributed by atoms with Gasteiger partial charge in [0.25, 0.3) is 0 Å². The lowest BCUT2D eigenvalue weighted by Gasteiger charge is -2.35. The fourth-order valence-electron chi connectivity index (χ4n) is 4.17. The number of hydrogen-bond acceptors (Lipinski definition) is 5. The molecule has 2 fully saturated rings. The Hall–Kier alpha value is -2.20. The summed E-state index contributed by atoms with van der Waals surface area (Å²) in [5.41, 5.74) is -0.525. The van der Waals surface area contributed by atoms with Crippen molar-refractivity contribution in [3.8, 4) is 0 Å². The van der Waals surface area contributed by atoms with Crippen LogP contribution in [0.4, 0.5) is 9.18 Å². The van der Waals surface area contributed by atoms with Crippen LogP contribution in [0.1, 0.15) is 52.9 Å². The van der Waals surface area contributed by atoms with Crippen LogP contribution in [0.15, 0.2) is 29.2 Å². The van der Waals surface area contributed by atoms with Crippen molar-refractivity contribution in [3.63, 3.8) is 0 Å². The average Bonchev–Trinajstić information content (AvgIpc) is 2.73. The first-order valence-electron chi connectivity index (χ1n) is 11.5. The molecule has 1 aromatic carbocycles. The van der Waals surface area contributed by atoms with Gasteiger partial charge in [-0.1, -0.05) is 0 Å². The predicted octanol–water partition coefficient (Wildman–Crippen LogP) is 3.13. The molecule has 8 nitrogen and oxygen atoms in total. The van der Waals surface area contributed by atoms with Gasteiger partial charge in [0, 0.05) is 38.6 Å². The molecule has 0 aromatic heterocycles. The second kappa shape index (κ2) is 10.4. The van der Waals surface area contributed by atoms with Crippen molar-refractivity contribution in [2.75, 3.05) is 26.2 Å². The molecule has 3 rings (SSSR count). The molecule has 2 aliphatic heterocycles. The summed E-state index contributed by atoms with van der Waals surface area (Å²) in [6.45, 7) is 7.67. The van der Waals surface area contributed by atoms with E-state index in [1.807, 2.05) is 20.8 Å². The summed E-state index contributed by atoms with van der Waals surface area (Å²) < 4.78 is 46.1. The van der Waals surface area contributed by atoms with Gasteiger partial charge < -0.3 is 14.5 Å². The Morgan fingerprint density at radius 1 is 1.00 bits per heavy atom. The first kappa shape index (κ1) is 25.4. The molecule has 184 valence electrons. The van der Waals surface area contributed by atoms with Crippen LogP contribution in [0.5, 0.6) is 0 Å². The van der Waals surface area contributed by atoms with E-state index in [4.69, 9.17) is 4.74 Å². The quantitative estimate of drug-likeness (QED) is 0.694. The van der Waals surface area contributed by atoms with Gasteiger partial charge in [-0.15, -0.1) is 0 Å². The molecule has 1 aromatic rings. The van der Waals surface area contributed by atoms with Crippen LogP contribution in [-0.4, -0.2) is 68.0 Å². The number of carbonyl (C=O) groups is 2. The molecular weight excluding hydrogens is 449 g/mol. The maximum atomic E-state index is 13.1. The molecule has 0 atom stereocenters. The summed E-state index contributed by atoms with van der Waals surface area (Å²) in [6, 6.07) is 4.46. The van der Waals surface area contributed by atoms with Crippen molar-refractivity contribution < 1.29 is 27.1 Å². The molecule has 0 spiro atoms. The van der Waals surface area contributed by atoms with Crippen LogP contribution in [0, 0.1) is 11.7 Å². The van der Waals surface area contributed by atoms with Crippen LogP contribution >= 0.6 is 0 Å². The van der Waals surface area contributed by atoms with Crippen LogP contribution < -0.4 is 4.72 Å². The molecular formula is C23H34FN3O5S. The first-order valence-corrected chi connectivity index (χ1v) is 12.9. The van der Waals surface area contributed by atoms with Crippen LogP contribution in [0.2, 0.25) is 0 Å². The van der Waals surface area contributed by atoms with Gasteiger partial charge >= 0.3 is 6.09 Å². The van der Waals surface area contributed by atoms with E-state index in [0.717, 1.165) is 25.0 Å². The summed E-state index contributed by atoms with van der Waals surface area (Å²) in [6.07, 6.45) is 2.72. The summed E-state index contributed by atoms with van der Waals surface area (Å²) in [5.74, 6) is -0.187. The highest BCUT2D eigenvalue weighted by atomic mass is 32.2. The number of rotatable bonds is 5. The fourth-order valence-corrected chi connectivity index (χ4v) is 5.48. The van der Waals surface area contributed by atoms with Crippen LogP contribution in [0.3, 0.4) is 0 Å². The first-order chi connectivity index (χ1) is 15.4. The molecule has 0 saturated carbocycles. The number of ether oxygens (including phenoxy) is 1. The summed E-state index contributed by atoms with van der Waals surface area (Å²) >= 11 is 0. The lowest BCUT2D eigenvalue weighted by Crippen LogP contribution is -2.47. The largest absolute Gasteiger partial charge is 0.444 e. The molecule has 2 amide bonds. The van der Waals surface area contributed by atoms with E-state index in [1.165, 1.54) is 12.1 Å². The topological polar surface area (TPSA) is 96.0 Å². The van der Waals surface area contributed by atoms with E-state index in [0.29, 0.717) is 45.4 Å². The highest BCUT2D eigenvalue weighted by molar-refractivity contribution is 7.89. The SMILES string of the molecule is CC(C)(C)OC(=O)N1CCC(CC(=O)N2CCC(NS(=O)(=O)c3ccc(F)cc3)CC2)CC1. The Balaban J connectivity index is 1.41. The van der Waals surface area contributed by atoms with Crippen LogP contribution in [-0.2, 0) is 19.6 Å². The second-order valence-corrected chi connectivity index (χ2v) is 11.6. The molecule has 10 heteroatoms. The minimum atomic E-state index is -3.72. The highest BCUT2D eigenvalue weighted by Crippen LogP contribution is 2.24. The lowest BCUT2D eigenvalue weighted by molar-refractivity contribution is -0.133.